The summed E-state index contributed by atoms with van der Waals surface area (Å²) in [6.45, 7) is 0. The maximum atomic E-state index is 7.23. The van der Waals surface area contributed by atoms with Crippen LogP contribution in [0.2, 0.25) is 0 Å². The van der Waals surface area contributed by atoms with Gasteiger partial charge in [-0.25, -0.2) is 0 Å². The van der Waals surface area contributed by atoms with Crippen LogP contribution in [0.5, 0.6) is 0 Å². The van der Waals surface area contributed by atoms with Crippen LogP contribution in [0.15, 0.2) is 0 Å². The summed E-state index contributed by atoms with van der Waals surface area (Å²) in [6.07, 6.45) is 0. The predicted molar refractivity (Wildman–Crippen MR) is 13.6 cm³/mol. The van der Waals surface area contributed by atoms with Crippen LogP contribution < -0.4 is 0 Å². The summed E-state index contributed by atoms with van der Waals surface area (Å²) < 4.78 is 0. The van der Waals surface area contributed by atoms with E-state index in [0.717, 1.165) is 0 Å². The maximum Gasteiger partial charge on any atom is 0.324 e. The molecule has 3 N–H and O–H groups in total. The fourth-order valence-electron chi connectivity index (χ4n) is 0. The van der Waals surface area contributed by atoms with Gasteiger partial charge in [0, 0.05) is 38.6 Å². The monoisotopic (exact) mass is 241 g/mol. The first kappa shape index (κ1) is 9.78. The standard InChI is InChI=1S/H3O3P.Tb/c1-4(2)3;/h1-3H;. The minimum atomic E-state index is -2.62. The first-order valence-corrected chi connectivity index (χ1v) is 1.80. The summed E-state index contributed by atoms with van der Waals surface area (Å²) in [5.41, 5.74) is 0. The molecule has 0 rings (SSSR count). The van der Waals surface area contributed by atoms with Gasteiger partial charge >= 0.3 is 8.60 Å². The summed E-state index contributed by atoms with van der Waals surface area (Å²) in [7, 11) is -2.62. The van der Waals surface area contributed by atoms with Gasteiger partial charge in [0.25, 0.3) is 0 Å². The molecule has 0 atom stereocenters. The second kappa shape index (κ2) is 5.60. The molecule has 5 heteroatoms. The molecule has 0 aromatic carbocycles. The zero-order chi connectivity index (χ0) is 3.58. The molecule has 0 amide bonds. The Bertz CT molecular complexity index is 11.6. The Morgan fingerprint density at radius 2 is 1.00 bits per heavy atom. The molecule has 0 unspecified atom stereocenters. The van der Waals surface area contributed by atoms with E-state index in [-0.39, 0.29) is 38.6 Å². The molecule has 0 aliphatic rings. The van der Waals surface area contributed by atoms with Crippen LogP contribution >= 0.6 is 8.60 Å². The van der Waals surface area contributed by atoms with Crippen molar-refractivity contribution >= 4 is 8.60 Å². The van der Waals surface area contributed by atoms with Crippen molar-refractivity contribution in [3.8, 4) is 0 Å². The van der Waals surface area contributed by atoms with Crippen molar-refractivity contribution < 1.29 is 53.3 Å². The molecule has 0 spiro atoms. The van der Waals surface area contributed by atoms with Crippen LogP contribution in [0.4, 0.5) is 0 Å². The zero-order valence-corrected chi connectivity index (χ0v) is 5.16. The van der Waals surface area contributed by atoms with Gasteiger partial charge in [-0.1, -0.05) is 0 Å². The summed E-state index contributed by atoms with van der Waals surface area (Å²) in [5.74, 6) is 0. The third-order valence-corrected chi connectivity index (χ3v) is 0. The van der Waals surface area contributed by atoms with E-state index in [2.05, 4.69) is 0 Å². The fourth-order valence-corrected chi connectivity index (χ4v) is 0. The molecular formula is H3O3PTb. The smallest absolute Gasteiger partial charge is 0.324 e. The molecule has 5 heavy (non-hydrogen) atoms. The summed E-state index contributed by atoms with van der Waals surface area (Å²) in [5, 5.41) is 0. The van der Waals surface area contributed by atoms with Crippen molar-refractivity contribution in [2.75, 3.05) is 0 Å². The quantitative estimate of drug-likeness (QED) is 0.486. The van der Waals surface area contributed by atoms with Gasteiger partial charge in [-0.05, 0) is 0 Å². The Hall–Kier alpha value is 1.60. The molecule has 0 aromatic rings. The molecule has 0 aliphatic heterocycles. The third-order valence-electron chi connectivity index (χ3n) is 0. The molecule has 0 heterocycles. The second-order valence-electron chi connectivity index (χ2n) is 0.268. The summed E-state index contributed by atoms with van der Waals surface area (Å²) >= 11 is 0. The largest absolute Gasteiger partial charge is 0.328 e. The SMILES string of the molecule is OP(O)O.[Tb]. The van der Waals surface area contributed by atoms with Crippen LogP contribution in [0.1, 0.15) is 0 Å². The molecule has 0 saturated heterocycles. The van der Waals surface area contributed by atoms with Gasteiger partial charge in [-0.15, -0.1) is 0 Å². The van der Waals surface area contributed by atoms with Crippen LogP contribution in [0.3, 0.4) is 0 Å². The van der Waals surface area contributed by atoms with E-state index in [1.54, 1.807) is 0 Å². The first-order chi connectivity index (χ1) is 1.73. The van der Waals surface area contributed by atoms with Crippen LogP contribution in [-0.2, 0) is 0 Å². The average molecular weight is 241 g/mol. The fraction of sp³-hybridized carbons (Fsp3) is 0. The molecule has 1 radical (unpaired) electrons. The normalized spacial score (nSPS) is 7.20. The third kappa shape index (κ3) is 28.4. The van der Waals surface area contributed by atoms with E-state index in [0.29, 0.717) is 0 Å². The van der Waals surface area contributed by atoms with E-state index in [9.17, 15) is 0 Å². The van der Waals surface area contributed by atoms with Gasteiger partial charge in [0.05, 0.1) is 0 Å². The predicted octanol–water partition coefficient (Wildman–Crippen LogP) is -0.810. The minimum absolute atomic E-state index is 0. The van der Waals surface area contributed by atoms with E-state index in [4.69, 9.17) is 14.7 Å². The number of hydrogen-bond acceptors (Lipinski definition) is 3. The summed E-state index contributed by atoms with van der Waals surface area (Å²) in [6, 6.07) is 0. The van der Waals surface area contributed by atoms with Crippen molar-refractivity contribution in [3.05, 3.63) is 0 Å². The van der Waals surface area contributed by atoms with Crippen LogP contribution in [0.25, 0.3) is 0 Å². The van der Waals surface area contributed by atoms with Crippen LogP contribution in [0, 0.1) is 38.6 Å². The number of rotatable bonds is 0. The Morgan fingerprint density at radius 3 is 1.00 bits per heavy atom. The Kier molecular flexibility index (Phi) is 10.9. The van der Waals surface area contributed by atoms with Crippen molar-refractivity contribution in [1.29, 1.82) is 0 Å². The van der Waals surface area contributed by atoms with Crippen molar-refractivity contribution in [2.45, 2.75) is 0 Å². The Morgan fingerprint density at radius 1 is 1.00 bits per heavy atom. The van der Waals surface area contributed by atoms with Gasteiger partial charge in [-0.3, -0.25) is 0 Å². The van der Waals surface area contributed by atoms with Crippen molar-refractivity contribution in [1.82, 2.24) is 0 Å². The molecule has 0 bridgehead atoms. The van der Waals surface area contributed by atoms with Crippen molar-refractivity contribution in [2.24, 2.45) is 0 Å². The van der Waals surface area contributed by atoms with E-state index in [1.807, 2.05) is 0 Å². The van der Waals surface area contributed by atoms with Gasteiger partial charge in [0.2, 0.25) is 0 Å². The van der Waals surface area contributed by atoms with E-state index >= 15 is 0 Å². The first-order valence-electron chi connectivity index (χ1n) is 0.600. The average Bonchev–Trinajstić information content (AvgIpc) is 0.811. The molecule has 35 valence electrons. The summed E-state index contributed by atoms with van der Waals surface area (Å²) in [4.78, 5) is 21.7. The molecule has 0 aliphatic carbocycles. The molecule has 0 fully saturated rings. The van der Waals surface area contributed by atoms with Gasteiger partial charge in [0.1, 0.15) is 0 Å². The maximum absolute atomic E-state index is 7.23. The van der Waals surface area contributed by atoms with Crippen LogP contribution in [-0.4, -0.2) is 14.7 Å². The van der Waals surface area contributed by atoms with E-state index < -0.39 is 8.60 Å². The molecule has 3 nitrogen and oxygen atoms in total. The van der Waals surface area contributed by atoms with Gasteiger partial charge in [0.15, 0.2) is 0 Å². The molecule has 0 saturated carbocycles. The Labute approximate surface area is 61.5 Å². The minimum Gasteiger partial charge on any atom is -0.328 e. The molecular weight excluding hydrogens is 238 g/mol. The molecule has 0 aromatic heterocycles. The number of hydrogen-bond donors (Lipinski definition) is 3. The van der Waals surface area contributed by atoms with E-state index in [1.165, 1.54) is 0 Å². The van der Waals surface area contributed by atoms with Gasteiger partial charge < -0.3 is 14.7 Å². The Balaban J connectivity index is 0. The topological polar surface area (TPSA) is 60.7 Å². The van der Waals surface area contributed by atoms with Gasteiger partial charge in [-0.2, -0.15) is 0 Å². The zero-order valence-electron chi connectivity index (χ0n) is 2.12. The van der Waals surface area contributed by atoms with Crippen molar-refractivity contribution in [3.63, 3.8) is 0 Å². The second-order valence-corrected chi connectivity index (χ2v) is 0.805.